The second-order valence-electron chi connectivity index (χ2n) is 6.10. The van der Waals surface area contributed by atoms with E-state index in [1.807, 2.05) is 49.4 Å². The lowest BCUT2D eigenvalue weighted by atomic mass is 10.1. The molecule has 128 valence electrons. The summed E-state index contributed by atoms with van der Waals surface area (Å²) < 4.78 is 0. The molecule has 25 heavy (non-hydrogen) atoms. The number of anilines is 1. The number of hydrogen-bond donors (Lipinski definition) is 2. The number of benzene rings is 1. The summed E-state index contributed by atoms with van der Waals surface area (Å²) in [5.74, 6) is 0.361. The van der Waals surface area contributed by atoms with Crippen LogP contribution in [-0.2, 0) is 11.3 Å². The van der Waals surface area contributed by atoms with Crippen molar-refractivity contribution in [2.24, 2.45) is 0 Å². The standard InChI is InChI=1S/C19H20N4O2/c1-13-6-5-9-17(20-13)22-18(24)12-23(2)11-15-10-14-7-3-4-8-16(14)21-19(15)25/h3-10H,11-12H2,1-2H3,(H,21,25)(H,20,22,24). The van der Waals surface area contributed by atoms with E-state index in [4.69, 9.17) is 0 Å². The van der Waals surface area contributed by atoms with Gasteiger partial charge < -0.3 is 10.3 Å². The molecule has 2 heterocycles. The zero-order valence-corrected chi connectivity index (χ0v) is 14.2. The number of aryl methyl sites for hydroxylation is 1. The maximum Gasteiger partial charge on any atom is 0.252 e. The number of H-pyrrole nitrogens is 1. The normalized spacial score (nSPS) is 11.0. The molecule has 0 aliphatic carbocycles. The number of amides is 1. The number of hydrogen-bond acceptors (Lipinski definition) is 4. The van der Waals surface area contributed by atoms with Crippen molar-refractivity contribution in [3.05, 3.63) is 70.1 Å². The number of likely N-dealkylation sites (N-methyl/N-ethyl adjacent to an activating group) is 1. The molecule has 0 fully saturated rings. The van der Waals surface area contributed by atoms with Gasteiger partial charge in [-0.25, -0.2) is 4.98 Å². The molecular weight excluding hydrogens is 316 g/mol. The molecule has 1 aromatic carbocycles. The number of para-hydroxylation sites is 1. The van der Waals surface area contributed by atoms with Gasteiger partial charge >= 0.3 is 0 Å². The van der Waals surface area contributed by atoms with Crippen molar-refractivity contribution in [2.75, 3.05) is 18.9 Å². The van der Waals surface area contributed by atoms with Crippen LogP contribution in [0.4, 0.5) is 5.82 Å². The summed E-state index contributed by atoms with van der Waals surface area (Å²) in [7, 11) is 1.80. The minimum atomic E-state index is -0.169. The lowest BCUT2D eigenvalue weighted by Crippen LogP contribution is -2.31. The molecule has 0 aliphatic heterocycles. The second kappa shape index (κ2) is 7.27. The largest absolute Gasteiger partial charge is 0.322 e. The lowest BCUT2D eigenvalue weighted by Gasteiger charge is -2.16. The predicted molar refractivity (Wildman–Crippen MR) is 98.5 cm³/mol. The van der Waals surface area contributed by atoms with Gasteiger partial charge in [-0.05, 0) is 43.6 Å². The number of aromatic nitrogens is 2. The van der Waals surface area contributed by atoms with Gasteiger partial charge in [-0.2, -0.15) is 0 Å². The first-order valence-electron chi connectivity index (χ1n) is 8.04. The highest BCUT2D eigenvalue weighted by Crippen LogP contribution is 2.11. The zero-order chi connectivity index (χ0) is 17.8. The Morgan fingerprint density at radius 1 is 1.20 bits per heavy atom. The number of aromatic amines is 1. The molecule has 0 saturated carbocycles. The fourth-order valence-corrected chi connectivity index (χ4v) is 2.70. The molecule has 0 radical (unpaired) electrons. The van der Waals surface area contributed by atoms with Crippen LogP contribution in [0.1, 0.15) is 11.3 Å². The number of carbonyl (C=O) groups excluding carboxylic acids is 1. The second-order valence-corrected chi connectivity index (χ2v) is 6.10. The molecule has 2 aromatic heterocycles. The lowest BCUT2D eigenvalue weighted by molar-refractivity contribution is -0.117. The number of pyridine rings is 2. The molecule has 0 unspecified atom stereocenters. The highest BCUT2D eigenvalue weighted by molar-refractivity contribution is 5.91. The monoisotopic (exact) mass is 336 g/mol. The van der Waals surface area contributed by atoms with Crippen LogP contribution >= 0.6 is 0 Å². The van der Waals surface area contributed by atoms with E-state index in [9.17, 15) is 9.59 Å². The van der Waals surface area contributed by atoms with Gasteiger partial charge in [0.1, 0.15) is 5.82 Å². The summed E-state index contributed by atoms with van der Waals surface area (Å²) in [5, 5.41) is 3.74. The third kappa shape index (κ3) is 4.30. The van der Waals surface area contributed by atoms with Gasteiger partial charge in [0.2, 0.25) is 5.91 Å². The van der Waals surface area contributed by atoms with E-state index in [2.05, 4.69) is 15.3 Å². The first-order chi connectivity index (χ1) is 12.0. The molecule has 0 saturated heterocycles. The third-order valence-electron chi connectivity index (χ3n) is 3.84. The minimum Gasteiger partial charge on any atom is -0.322 e. The Labute approximate surface area is 145 Å². The molecule has 3 rings (SSSR count). The summed E-state index contributed by atoms with van der Waals surface area (Å²) in [6.45, 7) is 2.42. The SMILES string of the molecule is Cc1cccc(NC(=O)CN(C)Cc2cc3ccccc3[nH]c2=O)n1. The first-order valence-corrected chi connectivity index (χ1v) is 8.04. The minimum absolute atomic E-state index is 0.133. The summed E-state index contributed by atoms with van der Waals surface area (Å²) in [6, 6.07) is 15.0. The maximum absolute atomic E-state index is 12.2. The average Bonchev–Trinajstić information content (AvgIpc) is 2.55. The van der Waals surface area contributed by atoms with Crippen LogP contribution in [-0.4, -0.2) is 34.4 Å². The Kier molecular flexibility index (Phi) is 4.90. The Hall–Kier alpha value is -2.99. The summed E-state index contributed by atoms with van der Waals surface area (Å²) >= 11 is 0. The number of carbonyl (C=O) groups is 1. The van der Waals surface area contributed by atoms with E-state index < -0.39 is 0 Å². The van der Waals surface area contributed by atoms with Crippen molar-refractivity contribution >= 4 is 22.6 Å². The van der Waals surface area contributed by atoms with Crippen LogP contribution in [0.2, 0.25) is 0 Å². The van der Waals surface area contributed by atoms with Gasteiger partial charge in [0, 0.05) is 23.3 Å². The van der Waals surface area contributed by atoms with Gasteiger partial charge in [-0.15, -0.1) is 0 Å². The molecule has 0 atom stereocenters. The molecular formula is C19H20N4O2. The number of nitrogens with zero attached hydrogens (tertiary/aromatic N) is 2. The Morgan fingerprint density at radius 3 is 2.80 bits per heavy atom. The van der Waals surface area contributed by atoms with E-state index in [1.54, 1.807) is 18.0 Å². The topological polar surface area (TPSA) is 78.1 Å². The van der Waals surface area contributed by atoms with Crippen LogP contribution < -0.4 is 10.9 Å². The van der Waals surface area contributed by atoms with Crippen LogP contribution in [0, 0.1) is 6.92 Å². The average molecular weight is 336 g/mol. The van der Waals surface area contributed by atoms with E-state index in [0.29, 0.717) is 17.9 Å². The van der Waals surface area contributed by atoms with Gasteiger partial charge in [0.25, 0.3) is 5.56 Å². The van der Waals surface area contributed by atoms with Crippen molar-refractivity contribution < 1.29 is 4.79 Å². The maximum atomic E-state index is 12.2. The van der Waals surface area contributed by atoms with Crippen molar-refractivity contribution in [1.29, 1.82) is 0 Å². The van der Waals surface area contributed by atoms with Crippen molar-refractivity contribution in [1.82, 2.24) is 14.9 Å². The molecule has 6 nitrogen and oxygen atoms in total. The fraction of sp³-hybridized carbons (Fsp3) is 0.211. The van der Waals surface area contributed by atoms with Crippen LogP contribution in [0.5, 0.6) is 0 Å². The third-order valence-corrected chi connectivity index (χ3v) is 3.84. The first kappa shape index (κ1) is 16.9. The van der Waals surface area contributed by atoms with Crippen LogP contribution in [0.25, 0.3) is 10.9 Å². The molecule has 3 aromatic rings. The predicted octanol–water partition coefficient (Wildman–Crippen LogP) is 2.30. The Morgan fingerprint density at radius 2 is 2.00 bits per heavy atom. The van der Waals surface area contributed by atoms with E-state index in [0.717, 1.165) is 16.6 Å². The van der Waals surface area contributed by atoms with Crippen molar-refractivity contribution in [3.63, 3.8) is 0 Å². The molecule has 0 bridgehead atoms. The Bertz CT molecular complexity index is 965. The quantitative estimate of drug-likeness (QED) is 0.749. The zero-order valence-electron chi connectivity index (χ0n) is 14.2. The van der Waals surface area contributed by atoms with Gasteiger partial charge in [0.05, 0.1) is 6.54 Å². The smallest absolute Gasteiger partial charge is 0.252 e. The van der Waals surface area contributed by atoms with Crippen LogP contribution in [0.3, 0.4) is 0 Å². The molecule has 0 spiro atoms. The summed E-state index contributed by atoms with van der Waals surface area (Å²) in [4.78, 5) is 33.2. The van der Waals surface area contributed by atoms with Crippen LogP contribution in [0.15, 0.2) is 53.3 Å². The molecule has 2 N–H and O–H groups in total. The Balaban J connectivity index is 1.66. The van der Waals surface area contributed by atoms with Crippen molar-refractivity contribution in [2.45, 2.75) is 13.5 Å². The van der Waals surface area contributed by atoms with E-state index in [1.165, 1.54) is 0 Å². The van der Waals surface area contributed by atoms with E-state index in [-0.39, 0.29) is 18.0 Å². The van der Waals surface area contributed by atoms with Crippen molar-refractivity contribution in [3.8, 4) is 0 Å². The highest BCUT2D eigenvalue weighted by atomic mass is 16.2. The molecule has 0 aliphatic rings. The number of nitrogens with one attached hydrogen (secondary N) is 2. The number of fused-ring (bicyclic) bond motifs is 1. The van der Waals surface area contributed by atoms with E-state index >= 15 is 0 Å². The molecule has 6 heteroatoms. The summed E-state index contributed by atoms with van der Waals surface area (Å²) in [5.41, 5.74) is 2.14. The summed E-state index contributed by atoms with van der Waals surface area (Å²) in [6.07, 6.45) is 0. The van der Waals surface area contributed by atoms with Gasteiger partial charge in [-0.3, -0.25) is 14.5 Å². The highest BCUT2D eigenvalue weighted by Gasteiger charge is 2.11. The van der Waals surface area contributed by atoms with Gasteiger partial charge in [-0.1, -0.05) is 24.3 Å². The van der Waals surface area contributed by atoms with Gasteiger partial charge in [0.15, 0.2) is 0 Å². The fourth-order valence-electron chi connectivity index (χ4n) is 2.70. The number of rotatable bonds is 5. The molecule has 1 amide bonds.